The van der Waals surface area contributed by atoms with E-state index in [1.165, 1.54) is 17.6 Å². The highest BCUT2D eigenvalue weighted by molar-refractivity contribution is 5.77. The first-order valence-corrected chi connectivity index (χ1v) is 11.5. The number of fused-ring (bicyclic) bond motifs is 1. The Morgan fingerprint density at radius 2 is 1.91 bits per heavy atom. The Morgan fingerprint density at radius 1 is 1.18 bits per heavy atom. The van der Waals surface area contributed by atoms with E-state index in [0.29, 0.717) is 25.2 Å². The predicted octanol–water partition coefficient (Wildman–Crippen LogP) is 1.91. The molecule has 0 saturated carbocycles. The molecule has 0 saturated heterocycles. The van der Waals surface area contributed by atoms with Crippen LogP contribution in [-0.2, 0) is 11.3 Å². The van der Waals surface area contributed by atoms with Crippen LogP contribution in [0.5, 0.6) is 5.88 Å². The van der Waals surface area contributed by atoms with Crippen LogP contribution in [0.15, 0.2) is 44.5 Å². The number of para-hydroxylation sites is 1. The summed E-state index contributed by atoms with van der Waals surface area (Å²) in [5.41, 5.74) is 0.164. The number of carbonyl (C=O) groups is 1. The second-order valence-corrected chi connectivity index (χ2v) is 8.39. The summed E-state index contributed by atoms with van der Waals surface area (Å²) in [5.74, 6) is -0.387. The van der Waals surface area contributed by atoms with Crippen LogP contribution in [0.4, 0.5) is 0 Å². The van der Waals surface area contributed by atoms with Crippen molar-refractivity contribution in [3.8, 4) is 5.88 Å². The fourth-order valence-electron chi connectivity index (χ4n) is 3.90. The molecule has 0 fully saturated rings. The normalized spacial score (nSPS) is 13.8. The molecular formula is C25H32N4O4. The number of aromatic amines is 1. The number of amides is 1. The lowest BCUT2D eigenvalue weighted by atomic mass is 10.1. The van der Waals surface area contributed by atoms with Gasteiger partial charge in [-0.1, -0.05) is 50.8 Å². The fraction of sp³-hybridized carbons (Fsp3) is 0.440. The van der Waals surface area contributed by atoms with Gasteiger partial charge in [-0.2, -0.15) is 0 Å². The van der Waals surface area contributed by atoms with Gasteiger partial charge in [-0.15, -0.1) is 0 Å². The number of allylic oxidation sites excluding steroid dienone is 1. The average Bonchev–Trinajstić information content (AvgIpc) is 3.13. The van der Waals surface area contributed by atoms with Crippen molar-refractivity contribution in [3.05, 3.63) is 66.9 Å². The molecule has 1 aliphatic heterocycles. The van der Waals surface area contributed by atoms with Gasteiger partial charge >= 0.3 is 5.69 Å². The summed E-state index contributed by atoms with van der Waals surface area (Å²) in [6.07, 6.45) is 7.07. The quantitative estimate of drug-likeness (QED) is 0.537. The molecule has 0 bridgehead atoms. The van der Waals surface area contributed by atoms with Gasteiger partial charge in [-0.3, -0.25) is 19.1 Å². The van der Waals surface area contributed by atoms with Crippen LogP contribution >= 0.6 is 0 Å². The Labute approximate surface area is 192 Å². The smallest absolute Gasteiger partial charge is 0.331 e. The molecule has 0 spiro atoms. The zero-order valence-electron chi connectivity index (χ0n) is 19.6. The van der Waals surface area contributed by atoms with Gasteiger partial charge in [-0.25, -0.2) is 9.79 Å². The van der Waals surface area contributed by atoms with E-state index in [0.717, 1.165) is 48.3 Å². The topological polar surface area (TPSA) is 108 Å². The van der Waals surface area contributed by atoms with Crippen LogP contribution in [0.25, 0.3) is 11.6 Å². The van der Waals surface area contributed by atoms with E-state index in [1.807, 2.05) is 24.3 Å². The van der Waals surface area contributed by atoms with Crippen molar-refractivity contribution in [2.24, 2.45) is 4.99 Å². The Bertz CT molecular complexity index is 1290. The van der Waals surface area contributed by atoms with Crippen molar-refractivity contribution in [1.29, 1.82) is 0 Å². The van der Waals surface area contributed by atoms with Crippen LogP contribution in [0.2, 0.25) is 0 Å². The van der Waals surface area contributed by atoms with E-state index in [4.69, 9.17) is 0 Å². The highest BCUT2D eigenvalue weighted by Crippen LogP contribution is 2.23. The lowest BCUT2D eigenvalue weighted by Crippen LogP contribution is -2.31. The van der Waals surface area contributed by atoms with Crippen molar-refractivity contribution >= 4 is 17.6 Å². The third kappa shape index (κ3) is 5.69. The lowest BCUT2D eigenvalue weighted by Gasteiger charge is -2.15. The highest BCUT2D eigenvalue weighted by Gasteiger charge is 2.18. The number of aromatic nitrogens is 2. The second kappa shape index (κ2) is 10.9. The third-order valence-electron chi connectivity index (χ3n) is 5.99. The van der Waals surface area contributed by atoms with Crippen LogP contribution in [0.3, 0.4) is 0 Å². The fourth-order valence-corrected chi connectivity index (χ4v) is 3.90. The molecule has 3 rings (SSSR count). The summed E-state index contributed by atoms with van der Waals surface area (Å²) < 4.78 is 1.21. The zero-order chi connectivity index (χ0) is 24.0. The Morgan fingerprint density at radius 3 is 2.64 bits per heavy atom. The van der Waals surface area contributed by atoms with Crippen LogP contribution < -0.4 is 21.8 Å². The van der Waals surface area contributed by atoms with Gasteiger partial charge in [-0.05, 0) is 30.6 Å². The van der Waals surface area contributed by atoms with E-state index in [9.17, 15) is 19.5 Å². The molecule has 0 radical (unpaired) electrons. The highest BCUT2D eigenvalue weighted by atomic mass is 16.3. The minimum absolute atomic E-state index is 0.00661. The molecule has 1 aliphatic rings. The van der Waals surface area contributed by atoms with Crippen molar-refractivity contribution in [2.75, 3.05) is 13.6 Å². The number of hydrogen-bond acceptors (Lipinski definition) is 5. The number of carbonyl (C=O) groups excluding carboxylic acids is 1. The second-order valence-electron chi connectivity index (χ2n) is 8.39. The van der Waals surface area contributed by atoms with Gasteiger partial charge in [0.25, 0.3) is 5.56 Å². The number of benzene rings is 1. The number of H-pyrrole nitrogens is 1. The maximum atomic E-state index is 12.6. The molecule has 2 N–H and O–H groups in total. The number of nitrogens with one attached hydrogen (secondary N) is 1. The molecule has 1 amide bonds. The van der Waals surface area contributed by atoms with Gasteiger partial charge in [0.1, 0.15) is 5.56 Å². The van der Waals surface area contributed by atoms with Crippen LogP contribution in [-0.4, -0.2) is 39.1 Å². The van der Waals surface area contributed by atoms with Gasteiger partial charge < -0.3 is 10.0 Å². The zero-order valence-corrected chi connectivity index (χ0v) is 19.6. The number of hydrogen-bond donors (Lipinski definition) is 2. The summed E-state index contributed by atoms with van der Waals surface area (Å²) >= 11 is 0. The number of nitrogens with zero attached hydrogens (tertiary/aromatic N) is 3. The van der Waals surface area contributed by atoms with E-state index >= 15 is 0 Å². The van der Waals surface area contributed by atoms with Crippen molar-refractivity contribution in [1.82, 2.24) is 14.5 Å². The standard InChI is InChI=1S/C25H32N4O4/c1-4-5-6-7-10-14-29-24(32)20(23(31)27-25(29)33)16-22-19(13-15-28(3)17(2)30)18-11-8-9-12-21(18)26-22/h8-9,11-12,16,32H,4-7,10,13-15H2,1-3H3,(H,27,31,33)/b22-16-. The molecule has 0 atom stereocenters. The molecule has 0 unspecified atom stereocenters. The van der Waals surface area contributed by atoms with E-state index < -0.39 is 11.2 Å². The average molecular weight is 453 g/mol. The minimum Gasteiger partial charge on any atom is -0.494 e. The van der Waals surface area contributed by atoms with Gasteiger partial charge in [0.2, 0.25) is 11.8 Å². The summed E-state index contributed by atoms with van der Waals surface area (Å²) in [6, 6.07) is 7.62. The van der Waals surface area contributed by atoms with E-state index in [1.54, 1.807) is 11.9 Å². The molecule has 176 valence electrons. The molecule has 8 heteroatoms. The molecule has 0 aliphatic carbocycles. The van der Waals surface area contributed by atoms with Gasteiger partial charge in [0.15, 0.2) is 0 Å². The Balaban J connectivity index is 1.98. The SMILES string of the molecule is CCCCCCCn1c(O)c(/C=C2\N=c3ccccc3=C2CCN(C)C(C)=O)c(=O)[nH]c1=O. The third-order valence-corrected chi connectivity index (χ3v) is 5.99. The van der Waals surface area contributed by atoms with Crippen molar-refractivity contribution in [3.63, 3.8) is 0 Å². The first-order chi connectivity index (χ1) is 15.8. The Hall–Kier alpha value is -3.42. The molecule has 33 heavy (non-hydrogen) atoms. The van der Waals surface area contributed by atoms with Gasteiger partial charge in [0.05, 0.1) is 11.1 Å². The number of rotatable bonds is 10. The summed E-state index contributed by atoms with van der Waals surface area (Å²) in [6.45, 7) is 4.47. The van der Waals surface area contributed by atoms with Crippen molar-refractivity contribution < 1.29 is 9.90 Å². The molecule has 2 aromatic rings. The van der Waals surface area contributed by atoms with Crippen molar-refractivity contribution in [2.45, 2.75) is 58.9 Å². The lowest BCUT2D eigenvalue weighted by molar-refractivity contribution is -0.127. The van der Waals surface area contributed by atoms with Crippen LogP contribution in [0.1, 0.15) is 57.9 Å². The van der Waals surface area contributed by atoms with E-state index in [-0.39, 0.29) is 17.4 Å². The monoisotopic (exact) mass is 452 g/mol. The number of aromatic hydroxyl groups is 1. The first kappa shape index (κ1) is 24.2. The van der Waals surface area contributed by atoms with Crippen LogP contribution in [0, 0.1) is 0 Å². The maximum Gasteiger partial charge on any atom is 0.331 e. The summed E-state index contributed by atoms with van der Waals surface area (Å²) in [4.78, 5) is 45.1. The molecule has 8 nitrogen and oxygen atoms in total. The molecular weight excluding hydrogens is 420 g/mol. The maximum absolute atomic E-state index is 12.6. The molecule has 2 heterocycles. The molecule has 1 aromatic carbocycles. The number of unbranched alkanes of at least 4 members (excludes halogenated alkanes) is 4. The largest absolute Gasteiger partial charge is 0.494 e. The Kier molecular flexibility index (Phi) is 8.03. The summed E-state index contributed by atoms with van der Waals surface area (Å²) in [7, 11) is 1.73. The molecule has 1 aromatic heterocycles. The minimum atomic E-state index is -0.654. The predicted molar refractivity (Wildman–Crippen MR) is 128 cm³/mol. The first-order valence-electron chi connectivity index (χ1n) is 11.5. The van der Waals surface area contributed by atoms with E-state index in [2.05, 4.69) is 16.9 Å². The summed E-state index contributed by atoms with van der Waals surface area (Å²) in [5, 5.41) is 12.5. The van der Waals surface area contributed by atoms with Gasteiger partial charge in [0, 0.05) is 32.3 Å².